The topological polar surface area (TPSA) is 73.1 Å². The Labute approximate surface area is 112 Å². The molecule has 3 N–H and O–H groups in total. The van der Waals surface area contributed by atoms with Gasteiger partial charge in [-0.05, 0) is 37.6 Å². The maximum atomic E-state index is 5.52. The molecule has 0 saturated heterocycles. The molecule has 0 atom stereocenters. The van der Waals surface area contributed by atoms with Crippen molar-refractivity contribution >= 4 is 11.5 Å². The third-order valence-corrected chi connectivity index (χ3v) is 2.56. The molecule has 0 radical (unpaired) electrons. The Kier molecular flexibility index (Phi) is 4.69. The molecule has 2 rings (SSSR count). The van der Waals surface area contributed by atoms with Crippen LogP contribution in [0.1, 0.15) is 12.5 Å². The van der Waals surface area contributed by atoms with Gasteiger partial charge in [0.25, 0.3) is 0 Å². The van der Waals surface area contributed by atoms with Crippen LogP contribution in [0.4, 0.5) is 11.5 Å². The average Bonchev–Trinajstić information content (AvgIpc) is 2.42. The molecule has 5 heteroatoms. The third kappa shape index (κ3) is 3.93. The zero-order chi connectivity index (χ0) is 13.5. The SMILES string of the molecule is CCOc1cncc(Nc2ccc(CCN)cc2)n1. The summed E-state index contributed by atoms with van der Waals surface area (Å²) in [7, 11) is 0. The van der Waals surface area contributed by atoms with Crippen LogP contribution in [0.25, 0.3) is 0 Å². The number of nitrogens with one attached hydrogen (secondary N) is 1. The monoisotopic (exact) mass is 258 g/mol. The highest BCUT2D eigenvalue weighted by atomic mass is 16.5. The largest absolute Gasteiger partial charge is 0.477 e. The molecule has 1 heterocycles. The van der Waals surface area contributed by atoms with Gasteiger partial charge in [0.1, 0.15) is 0 Å². The number of nitrogens with zero attached hydrogens (tertiary/aromatic N) is 2. The van der Waals surface area contributed by atoms with E-state index >= 15 is 0 Å². The summed E-state index contributed by atoms with van der Waals surface area (Å²) in [6, 6.07) is 8.10. The number of anilines is 2. The van der Waals surface area contributed by atoms with E-state index in [-0.39, 0.29) is 0 Å². The lowest BCUT2D eigenvalue weighted by atomic mass is 10.1. The summed E-state index contributed by atoms with van der Waals surface area (Å²) in [5, 5.41) is 3.19. The fraction of sp³-hybridized carbons (Fsp3) is 0.286. The Balaban J connectivity index is 2.05. The van der Waals surface area contributed by atoms with Gasteiger partial charge in [-0.2, -0.15) is 4.98 Å². The number of hydrogen-bond acceptors (Lipinski definition) is 5. The number of ether oxygens (including phenoxy) is 1. The van der Waals surface area contributed by atoms with E-state index in [1.807, 2.05) is 19.1 Å². The van der Waals surface area contributed by atoms with E-state index in [0.717, 1.165) is 12.1 Å². The van der Waals surface area contributed by atoms with Gasteiger partial charge in [-0.25, -0.2) is 0 Å². The molecular formula is C14H18N4O. The Morgan fingerprint density at radius 3 is 2.68 bits per heavy atom. The van der Waals surface area contributed by atoms with E-state index in [1.165, 1.54) is 5.56 Å². The van der Waals surface area contributed by atoms with Crippen molar-refractivity contribution in [2.75, 3.05) is 18.5 Å². The molecule has 5 nitrogen and oxygen atoms in total. The second-order valence-corrected chi connectivity index (χ2v) is 4.04. The van der Waals surface area contributed by atoms with Crippen LogP contribution < -0.4 is 15.8 Å². The van der Waals surface area contributed by atoms with Crippen LogP contribution >= 0.6 is 0 Å². The molecule has 0 spiro atoms. The maximum absolute atomic E-state index is 5.52. The van der Waals surface area contributed by atoms with E-state index in [2.05, 4.69) is 27.4 Å². The summed E-state index contributed by atoms with van der Waals surface area (Å²) >= 11 is 0. The summed E-state index contributed by atoms with van der Waals surface area (Å²) in [4.78, 5) is 8.38. The standard InChI is InChI=1S/C14H18N4O/c1-2-19-14-10-16-9-13(18-14)17-12-5-3-11(4-6-12)7-8-15/h3-6,9-10H,2,7-8,15H2,1H3,(H,17,18). The summed E-state index contributed by atoms with van der Waals surface area (Å²) in [5.41, 5.74) is 7.71. The highest BCUT2D eigenvalue weighted by molar-refractivity contribution is 5.55. The minimum absolute atomic E-state index is 0.521. The van der Waals surface area contributed by atoms with Crippen molar-refractivity contribution in [1.29, 1.82) is 0 Å². The predicted octanol–water partition coefficient (Wildman–Crippen LogP) is 2.12. The Hall–Kier alpha value is -2.14. The zero-order valence-corrected chi connectivity index (χ0v) is 11.0. The molecule has 0 aliphatic carbocycles. The van der Waals surface area contributed by atoms with Crippen molar-refractivity contribution in [1.82, 2.24) is 9.97 Å². The van der Waals surface area contributed by atoms with Gasteiger partial charge in [-0.15, -0.1) is 0 Å². The predicted molar refractivity (Wildman–Crippen MR) is 75.7 cm³/mol. The first-order valence-electron chi connectivity index (χ1n) is 6.32. The summed E-state index contributed by atoms with van der Waals surface area (Å²) in [5.74, 6) is 1.18. The molecule has 2 aromatic rings. The number of rotatable bonds is 6. The first kappa shape index (κ1) is 13.3. The maximum Gasteiger partial charge on any atom is 0.234 e. The molecule has 0 aliphatic heterocycles. The van der Waals surface area contributed by atoms with Crippen LogP contribution in [-0.2, 0) is 6.42 Å². The van der Waals surface area contributed by atoms with E-state index < -0.39 is 0 Å². The first-order valence-corrected chi connectivity index (χ1v) is 6.32. The lowest BCUT2D eigenvalue weighted by Crippen LogP contribution is -2.02. The Bertz CT molecular complexity index is 513. The number of aromatic nitrogens is 2. The van der Waals surface area contributed by atoms with Gasteiger partial charge in [-0.1, -0.05) is 12.1 Å². The van der Waals surface area contributed by atoms with Crippen LogP contribution in [0.15, 0.2) is 36.7 Å². The van der Waals surface area contributed by atoms with Crippen LogP contribution in [-0.4, -0.2) is 23.1 Å². The smallest absolute Gasteiger partial charge is 0.234 e. The highest BCUT2D eigenvalue weighted by Crippen LogP contribution is 2.16. The molecule has 0 unspecified atom stereocenters. The van der Waals surface area contributed by atoms with Gasteiger partial charge in [0.15, 0.2) is 5.82 Å². The van der Waals surface area contributed by atoms with E-state index in [0.29, 0.717) is 24.8 Å². The van der Waals surface area contributed by atoms with Gasteiger partial charge in [0.05, 0.1) is 19.0 Å². The number of nitrogens with two attached hydrogens (primary N) is 1. The molecule has 0 amide bonds. The van der Waals surface area contributed by atoms with Gasteiger partial charge in [0.2, 0.25) is 5.88 Å². The fourth-order valence-corrected chi connectivity index (χ4v) is 1.70. The van der Waals surface area contributed by atoms with Gasteiger partial charge >= 0.3 is 0 Å². The highest BCUT2D eigenvalue weighted by Gasteiger charge is 2.00. The lowest BCUT2D eigenvalue weighted by Gasteiger charge is -2.08. The fourth-order valence-electron chi connectivity index (χ4n) is 1.70. The lowest BCUT2D eigenvalue weighted by molar-refractivity contribution is 0.326. The van der Waals surface area contributed by atoms with Gasteiger partial charge in [-0.3, -0.25) is 4.98 Å². The minimum Gasteiger partial charge on any atom is -0.477 e. The van der Waals surface area contributed by atoms with E-state index in [1.54, 1.807) is 12.4 Å². The van der Waals surface area contributed by atoms with Crippen LogP contribution in [0.5, 0.6) is 5.88 Å². The molecular weight excluding hydrogens is 240 g/mol. The van der Waals surface area contributed by atoms with Crippen molar-refractivity contribution in [3.05, 3.63) is 42.2 Å². The number of benzene rings is 1. The zero-order valence-electron chi connectivity index (χ0n) is 11.0. The average molecular weight is 258 g/mol. The molecule has 1 aromatic heterocycles. The van der Waals surface area contributed by atoms with Crippen molar-refractivity contribution in [3.63, 3.8) is 0 Å². The Morgan fingerprint density at radius 1 is 1.21 bits per heavy atom. The van der Waals surface area contributed by atoms with Gasteiger partial charge in [0, 0.05) is 5.69 Å². The van der Waals surface area contributed by atoms with Crippen molar-refractivity contribution < 1.29 is 4.74 Å². The van der Waals surface area contributed by atoms with Crippen molar-refractivity contribution in [3.8, 4) is 5.88 Å². The Morgan fingerprint density at radius 2 is 2.00 bits per heavy atom. The molecule has 0 saturated carbocycles. The minimum atomic E-state index is 0.521. The van der Waals surface area contributed by atoms with Gasteiger partial charge < -0.3 is 15.8 Å². The van der Waals surface area contributed by atoms with E-state index in [4.69, 9.17) is 10.5 Å². The molecule has 100 valence electrons. The third-order valence-electron chi connectivity index (χ3n) is 2.56. The molecule has 0 fully saturated rings. The van der Waals surface area contributed by atoms with Crippen molar-refractivity contribution in [2.24, 2.45) is 5.73 Å². The van der Waals surface area contributed by atoms with Crippen LogP contribution in [0.3, 0.4) is 0 Å². The summed E-state index contributed by atoms with van der Waals surface area (Å²) in [6.45, 7) is 3.15. The number of hydrogen-bond donors (Lipinski definition) is 2. The first-order chi connectivity index (χ1) is 9.31. The summed E-state index contributed by atoms with van der Waals surface area (Å²) < 4.78 is 5.31. The van der Waals surface area contributed by atoms with Crippen LogP contribution in [0.2, 0.25) is 0 Å². The van der Waals surface area contributed by atoms with E-state index in [9.17, 15) is 0 Å². The molecule has 0 aliphatic rings. The normalized spacial score (nSPS) is 10.2. The van der Waals surface area contributed by atoms with Crippen LogP contribution in [0, 0.1) is 0 Å². The molecule has 19 heavy (non-hydrogen) atoms. The quantitative estimate of drug-likeness (QED) is 0.830. The molecule has 1 aromatic carbocycles. The van der Waals surface area contributed by atoms with Crippen molar-refractivity contribution in [2.45, 2.75) is 13.3 Å². The molecule has 0 bridgehead atoms. The second-order valence-electron chi connectivity index (χ2n) is 4.04. The second kappa shape index (κ2) is 6.70. The summed E-state index contributed by atoms with van der Waals surface area (Å²) in [6.07, 6.45) is 4.15.